The molecule has 1 amide bonds. The van der Waals surface area contributed by atoms with Crippen molar-refractivity contribution in [1.29, 1.82) is 0 Å². The number of fused-ring (bicyclic) bond motifs is 1. The van der Waals surface area contributed by atoms with Crippen molar-refractivity contribution in [2.75, 3.05) is 12.0 Å². The number of amides is 1. The highest BCUT2D eigenvalue weighted by Crippen LogP contribution is 2.16. The van der Waals surface area contributed by atoms with Crippen LogP contribution in [-0.2, 0) is 0 Å². The fourth-order valence-corrected chi connectivity index (χ4v) is 1.19. The molecule has 0 bridgehead atoms. The van der Waals surface area contributed by atoms with Crippen LogP contribution in [0.2, 0.25) is 0 Å². The SMILES string of the molecule is Cc1cnc2c(c1)NCNC2=O. The third-order valence-electron chi connectivity index (χ3n) is 1.77. The van der Waals surface area contributed by atoms with Crippen LogP contribution in [0.1, 0.15) is 16.1 Å². The van der Waals surface area contributed by atoms with Crippen LogP contribution in [0.15, 0.2) is 12.3 Å². The molecule has 0 unspecified atom stereocenters. The summed E-state index contributed by atoms with van der Waals surface area (Å²) in [7, 11) is 0. The summed E-state index contributed by atoms with van der Waals surface area (Å²) in [5, 5.41) is 5.68. The lowest BCUT2D eigenvalue weighted by Gasteiger charge is -2.17. The molecule has 2 N–H and O–H groups in total. The molecule has 0 fully saturated rings. The Morgan fingerprint density at radius 2 is 2.33 bits per heavy atom. The Morgan fingerprint density at radius 1 is 1.50 bits per heavy atom. The number of aromatic nitrogens is 1. The van der Waals surface area contributed by atoms with Gasteiger partial charge in [-0.2, -0.15) is 0 Å². The van der Waals surface area contributed by atoms with E-state index in [-0.39, 0.29) is 5.91 Å². The normalized spacial score (nSPS) is 14.6. The average Bonchev–Trinajstić information content (AvgIpc) is 2.04. The highest BCUT2D eigenvalue weighted by atomic mass is 16.2. The molecular weight excluding hydrogens is 154 g/mol. The van der Waals surface area contributed by atoms with Gasteiger partial charge in [0.2, 0.25) is 0 Å². The monoisotopic (exact) mass is 163 g/mol. The van der Waals surface area contributed by atoms with Crippen LogP contribution in [0.3, 0.4) is 0 Å². The standard InChI is InChI=1S/C8H9N3O/c1-5-2-6-7(9-3-5)8(12)11-4-10-6/h2-3,10H,4H2,1H3,(H,11,12). The summed E-state index contributed by atoms with van der Waals surface area (Å²) in [6.07, 6.45) is 1.69. The van der Waals surface area contributed by atoms with Gasteiger partial charge in [0.15, 0.2) is 5.69 Å². The van der Waals surface area contributed by atoms with Gasteiger partial charge in [-0.15, -0.1) is 0 Å². The summed E-state index contributed by atoms with van der Waals surface area (Å²) in [6.45, 7) is 2.43. The molecule has 1 aliphatic rings. The van der Waals surface area contributed by atoms with Crippen molar-refractivity contribution in [3.05, 3.63) is 23.5 Å². The largest absolute Gasteiger partial charge is 0.366 e. The zero-order chi connectivity index (χ0) is 8.55. The van der Waals surface area contributed by atoms with Gasteiger partial charge in [0.25, 0.3) is 5.91 Å². The fourth-order valence-electron chi connectivity index (χ4n) is 1.19. The molecule has 1 aromatic rings. The van der Waals surface area contributed by atoms with Gasteiger partial charge in [-0.1, -0.05) is 0 Å². The third-order valence-corrected chi connectivity index (χ3v) is 1.77. The van der Waals surface area contributed by atoms with E-state index in [9.17, 15) is 4.79 Å². The van der Waals surface area contributed by atoms with Crippen molar-refractivity contribution < 1.29 is 4.79 Å². The Morgan fingerprint density at radius 3 is 3.17 bits per heavy atom. The van der Waals surface area contributed by atoms with Gasteiger partial charge in [-0.3, -0.25) is 4.79 Å². The first-order valence-electron chi connectivity index (χ1n) is 3.76. The van der Waals surface area contributed by atoms with E-state index in [1.165, 1.54) is 0 Å². The van der Waals surface area contributed by atoms with E-state index in [2.05, 4.69) is 15.6 Å². The number of nitrogens with one attached hydrogen (secondary N) is 2. The maximum atomic E-state index is 11.2. The molecule has 1 aliphatic heterocycles. The van der Waals surface area contributed by atoms with Crippen LogP contribution >= 0.6 is 0 Å². The van der Waals surface area contributed by atoms with E-state index >= 15 is 0 Å². The molecule has 0 aromatic carbocycles. The average molecular weight is 163 g/mol. The van der Waals surface area contributed by atoms with Gasteiger partial charge in [0.1, 0.15) is 0 Å². The minimum absolute atomic E-state index is 0.108. The lowest BCUT2D eigenvalue weighted by Crippen LogP contribution is -2.35. The smallest absolute Gasteiger partial charge is 0.273 e. The van der Waals surface area contributed by atoms with Gasteiger partial charge in [0, 0.05) is 6.20 Å². The van der Waals surface area contributed by atoms with Crippen LogP contribution in [0.25, 0.3) is 0 Å². The first-order chi connectivity index (χ1) is 5.77. The van der Waals surface area contributed by atoms with Crippen molar-refractivity contribution in [3.8, 4) is 0 Å². The number of pyridine rings is 1. The van der Waals surface area contributed by atoms with E-state index in [0.717, 1.165) is 11.3 Å². The van der Waals surface area contributed by atoms with Crippen LogP contribution in [0, 0.1) is 6.92 Å². The molecule has 0 saturated carbocycles. The summed E-state index contributed by atoms with van der Waals surface area (Å²) in [5.74, 6) is -0.108. The molecule has 2 rings (SSSR count). The molecular formula is C8H9N3O. The Kier molecular flexibility index (Phi) is 1.46. The summed E-state index contributed by atoms with van der Waals surface area (Å²) >= 11 is 0. The lowest BCUT2D eigenvalue weighted by atomic mass is 10.2. The predicted molar refractivity (Wildman–Crippen MR) is 44.9 cm³/mol. The number of aryl methyl sites for hydroxylation is 1. The van der Waals surface area contributed by atoms with Gasteiger partial charge in [-0.05, 0) is 18.6 Å². The molecule has 12 heavy (non-hydrogen) atoms. The third kappa shape index (κ3) is 1.01. The zero-order valence-electron chi connectivity index (χ0n) is 6.72. The minimum atomic E-state index is -0.108. The minimum Gasteiger partial charge on any atom is -0.366 e. The Bertz CT molecular complexity index is 335. The molecule has 0 aliphatic carbocycles. The zero-order valence-corrected chi connectivity index (χ0v) is 6.72. The maximum Gasteiger partial charge on any atom is 0.273 e. The molecule has 1 aromatic heterocycles. The van der Waals surface area contributed by atoms with Crippen LogP contribution in [-0.4, -0.2) is 17.6 Å². The number of anilines is 1. The van der Waals surface area contributed by atoms with E-state index in [0.29, 0.717) is 12.4 Å². The summed E-state index contributed by atoms with van der Waals surface area (Å²) < 4.78 is 0. The van der Waals surface area contributed by atoms with Gasteiger partial charge < -0.3 is 10.6 Å². The number of rotatable bonds is 0. The van der Waals surface area contributed by atoms with Crippen molar-refractivity contribution in [2.45, 2.75) is 6.92 Å². The van der Waals surface area contributed by atoms with Crippen LogP contribution in [0.5, 0.6) is 0 Å². The quantitative estimate of drug-likeness (QED) is 0.585. The van der Waals surface area contributed by atoms with Crippen LogP contribution < -0.4 is 10.6 Å². The number of hydrogen-bond acceptors (Lipinski definition) is 3. The Labute approximate surface area is 70.0 Å². The van der Waals surface area contributed by atoms with Crippen LogP contribution in [0.4, 0.5) is 5.69 Å². The molecule has 4 heteroatoms. The number of carbonyl (C=O) groups excluding carboxylic acids is 1. The topological polar surface area (TPSA) is 54.0 Å². The highest BCUT2D eigenvalue weighted by molar-refractivity contribution is 5.99. The first kappa shape index (κ1) is 7.09. The Hall–Kier alpha value is -1.58. The molecule has 0 saturated heterocycles. The van der Waals surface area contributed by atoms with Gasteiger partial charge in [0.05, 0.1) is 12.4 Å². The molecule has 4 nitrogen and oxygen atoms in total. The van der Waals surface area contributed by atoms with Crippen molar-refractivity contribution in [1.82, 2.24) is 10.3 Å². The summed E-state index contributed by atoms with van der Waals surface area (Å²) in [6, 6.07) is 1.92. The fraction of sp³-hybridized carbons (Fsp3) is 0.250. The van der Waals surface area contributed by atoms with E-state index < -0.39 is 0 Å². The van der Waals surface area contributed by atoms with Gasteiger partial charge in [-0.25, -0.2) is 4.98 Å². The summed E-state index contributed by atoms with van der Waals surface area (Å²) in [4.78, 5) is 15.2. The van der Waals surface area contributed by atoms with Gasteiger partial charge >= 0.3 is 0 Å². The second-order valence-corrected chi connectivity index (χ2v) is 2.77. The summed E-state index contributed by atoms with van der Waals surface area (Å²) in [5.41, 5.74) is 2.35. The lowest BCUT2D eigenvalue weighted by molar-refractivity contribution is 0.0947. The molecule has 0 spiro atoms. The maximum absolute atomic E-state index is 11.2. The van der Waals surface area contributed by atoms with Crippen molar-refractivity contribution in [2.24, 2.45) is 0 Å². The second kappa shape index (κ2) is 2.48. The van der Waals surface area contributed by atoms with E-state index in [1.807, 2.05) is 13.0 Å². The molecule has 0 radical (unpaired) electrons. The first-order valence-corrected chi connectivity index (χ1v) is 3.76. The number of nitrogens with zero attached hydrogens (tertiary/aromatic N) is 1. The van der Waals surface area contributed by atoms with E-state index in [4.69, 9.17) is 0 Å². The second-order valence-electron chi connectivity index (χ2n) is 2.77. The predicted octanol–water partition coefficient (Wildman–Crippen LogP) is 0.503. The Balaban J connectivity index is 2.53. The van der Waals surface area contributed by atoms with Crippen molar-refractivity contribution in [3.63, 3.8) is 0 Å². The van der Waals surface area contributed by atoms with E-state index in [1.54, 1.807) is 6.20 Å². The number of hydrogen-bond donors (Lipinski definition) is 2. The molecule has 62 valence electrons. The molecule has 0 atom stereocenters. The molecule has 2 heterocycles. The van der Waals surface area contributed by atoms with Crippen molar-refractivity contribution >= 4 is 11.6 Å². The number of carbonyl (C=O) groups is 1. The highest BCUT2D eigenvalue weighted by Gasteiger charge is 2.16.